The fourth-order valence-electron chi connectivity index (χ4n) is 1.03. The molecule has 77 valence electrons. The van der Waals surface area contributed by atoms with Crippen molar-refractivity contribution in [2.75, 3.05) is 13.2 Å². The van der Waals surface area contributed by atoms with Gasteiger partial charge in [-0.15, -0.1) is 0 Å². The third kappa shape index (κ3) is 3.26. The zero-order valence-corrected chi connectivity index (χ0v) is 8.27. The fourth-order valence-corrected chi connectivity index (χ4v) is 1.03. The molecule has 3 nitrogen and oxygen atoms in total. The number of aliphatic hydroxyl groups is 1. The number of rotatable bonds is 5. The number of hydrogen-bond acceptors (Lipinski definition) is 3. The van der Waals surface area contributed by atoms with Gasteiger partial charge in [-0.05, 0) is 26.0 Å². The summed E-state index contributed by atoms with van der Waals surface area (Å²) < 4.78 is 10.7. The van der Waals surface area contributed by atoms with E-state index in [1.807, 2.05) is 25.1 Å². The molecule has 0 saturated heterocycles. The first kappa shape index (κ1) is 10.9. The molecule has 1 aromatic rings. The van der Waals surface area contributed by atoms with Crippen LogP contribution in [-0.2, 0) is 0 Å². The summed E-state index contributed by atoms with van der Waals surface area (Å²) in [6, 6.07) is 7.35. The minimum Gasteiger partial charge on any atom is -0.490 e. The van der Waals surface area contributed by atoms with Crippen molar-refractivity contribution in [3.63, 3.8) is 0 Å². The van der Waals surface area contributed by atoms with Gasteiger partial charge in [-0.2, -0.15) is 0 Å². The van der Waals surface area contributed by atoms with Crippen molar-refractivity contribution in [1.29, 1.82) is 0 Å². The van der Waals surface area contributed by atoms with Gasteiger partial charge in [-0.1, -0.05) is 12.1 Å². The van der Waals surface area contributed by atoms with Crippen molar-refractivity contribution in [2.45, 2.75) is 13.0 Å². The highest BCUT2D eigenvalue weighted by molar-refractivity contribution is 5.39. The molecule has 1 rings (SSSR count). The fraction of sp³-hybridized carbons (Fsp3) is 0.364. The summed E-state index contributed by atoms with van der Waals surface area (Å²) in [6.45, 7) is 6.09. The van der Waals surface area contributed by atoms with Gasteiger partial charge in [-0.3, -0.25) is 0 Å². The maximum absolute atomic E-state index is 8.96. The molecule has 14 heavy (non-hydrogen) atoms. The molecule has 1 N–H and O–H groups in total. The number of para-hydroxylation sites is 2. The normalized spacial score (nSPS) is 12.2. The van der Waals surface area contributed by atoms with Gasteiger partial charge in [0.25, 0.3) is 0 Å². The molecule has 0 heterocycles. The van der Waals surface area contributed by atoms with Gasteiger partial charge in [0.1, 0.15) is 6.61 Å². The molecule has 0 saturated carbocycles. The van der Waals surface area contributed by atoms with Crippen LogP contribution in [0.25, 0.3) is 0 Å². The summed E-state index contributed by atoms with van der Waals surface area (Å²) in [5.74, 6) is 1.33. The number of benzene rings is 1. The molecule has 0 bridgehead atoms. The Labute approximate surface area is 84.3 Å². The molecule has 0 aliphatic rings. The summed E-state index contributed by atoms with van der Waals surface area (Å²) in [4.78, 5) is 0. The molecule has 0 amide bonds. The second kappa shape index (κ2) is 5.50. The molecule has 0 fully saturated rings. The highest BCUT2D eigenvalue weighted by Crippen LogP contribution is 2.26. The first-order chi connectivity index (χ1) is 6.74. The van der Waals surface area contributed by atoms with E-state index in [2.05, 4.69) is 6.92 Å². The summed E-state index contributed by atoms with van der Waals surface area (Å²) in [7, 11) is 0. The van der Waals surface area contributed by atoms with Crippen LogP contribution in [0.1, 0.15) is 6.92 Å². The lowest BCUT2D eigenvalue weighted by atomic mass is 10.3. The Bertz CT molecular complexity index is 271. The average molecular weight is 195 g/mol. The Morgan fingerprint density at radius 3 is 2.36 bits per heavy atom. The smallest absolute Gasteiger partial charge is 0.161 e. The van der Waals surface area contributed by atoms with Gasteiger partial charge in [0.15, 0.2) is 11.5 Å². The molecule has 1 atom stereocenters. The van der Waals surface area contributed by atoms with E-state index in [1.165, 1.54) is 0 Å². The average Bonchev–Trinajstić information content (AvgIpc) is 2.17. The van der Waals surface area contributed by atoms with Crippen LogP contribution in [0.15, 0.2) is 24.3 Å². The molecule has 0 aliphatic heterocycles. The maximum Gasteiger partial charge on any atom is 0.161 e. The SMILES string of the molecule is [CH2]C(O)COc1ccccc1OCC. The first-order valence-corrected chi connectivity index (χ1v) is 4.59. The molecular formula is C11H15O3. The van der Waals surface area contributed by atoms with Gasteiger partial charge in [0.2, 0.25) is 0 Å². The highest BCUT2D eigenvalue weighted by Gasteiger charge is 2.04. The van der Waals surface area contributed by atoms with E-state index in [-0.39, 0.29) is 6.61 Å². The Balaban J connectivity index is 2.64. The minimum absolute atomic E-state index is 0.171. The van der Waals surface area contributed by atoms with E-state index in [1.54, 1.807) is 6.07 Å². The van der Waals surface area contributed by atoms with Crippen molar-refractivity contribution in [1.82, 2.24) is 0 Å². The quantitative estimate of drug-likeness (QED) is 0.776. The van der Waals surface area contributed by atoms with Crippen molar-refractivity contribution in [2.24, 2.45) is 0 Å². The van der Waals surface area contributed by atoms with Crippen molar-refractivity contribution in [3.8, 4) is 11.5 Å². The van der Waals surface area contributed by atoms with Crippen LogP contribution in [0.4, 0.5) is 0 Å². The molecule has 0 aliphatic carbocycles. The summed E-state index contributed by atoms with van der Waals surface area (Å²) in [5, 5.41) is 8.96. The Morgan fingerprint density at radius 2 is 1.86 bits per heavy atom. The first-order valence-electron chi connectivity index (χ1n) is 4.59. The van der Waals surface area contributed by atoms with E-state index in [0.29, 0.717) is 18.1 Å². The Kier molecular flexibility index (Phi) is 4.26. The lowest BCUT2D eigenvalue weighted by Gasteiger charge is -2.12. The molecular weight excluding hydrogens is 180 g/mol. The van der Waals surface area contributed by atoms with Gasteiger partial charge < -0.3 is 14.6 Å². The molecule has 1 aromatic carbocycles. The van der Waals surface area contributed by atoms with Crippen LogP contribution in [0.3, 0.4) is 0 Å². The standard InChI is InChI=1S/C11H15O3/c1-3-13-10-6-4-5-7-11(10)14-8-9(2)12/h4-7,9,12H,2-3,8H2,1H3. The maximum atomic E-state index is 8.96. The Hall–Kier alpha value is -1.22. The molecule has 0 aromatic heterocycles. The van der Waals surface area contributed by atoms with E-state index >= 15 is 0 Å². The van der Waals surface area contributed by atoms with Gasteiger partial charge >= 0.3 is 0 Å². The van der Waals surface area contributed by atoms with Gasteiger partial charge in [-0.25, -0.2) is 0 Å². The number of hydrogen-bond donors (Lipinski definition) is 1. The minimum atomic E-state index is -0.718. The van der Waals surface area contributed by atoms with E-state index < -0.39 is 6.10 Å². The van der Waals surface area contributed by atoms with Crippen molar-refractivity contribution in [3.05, 3.63) is 31.2 Å². The zero-order chi connectivity index (χ0) is 10.4. The van der Waals surface area contributed by atoms with Crippen LogP contribution >= 0.6 is 0 Å². The Morgan fingerprint density at radius 1 is 1.29 bits per heavy atom. The summed E-state index contributed by atoms with van der Waals surface area (Å²) in [6.07, 6.45) is -0.718. The van der Waals surface area contributed by atoms with Gasteiger partial charge in [0, 0.05) is 0 Å². The van der Waals surface area contributed by atoms with Crippen LogP contribution in [0, 0.1) is 6.92 Å². The summed E-state index contributed by atoms with van der Waals surface area (Å²) in [5.41, 5.74) is 0. The summed E-state index contributed by atoms with van der Waals surface area (Å²) >= 11 is 0. The molecule has 1 radical (unpaired) electrons. The van der Waals surface area contributed by atoms with Crippen LogP contribution in [0.5, 0.6) is 11.5 Å². The van der Waals surface area contributed by atoms with E-state index in [4.69, 9.17) is 14.6 Å². The third-order valence-electron chi connectivity index (χ3n) is 1.58. The predicted octanol–water partition coefficient (Wildman–Crippen LogP) is 1.66. The second-order valence-corrected chi connectivity index (χ2v) is 2.84. The topological polar surface area (TPSA) is 38.7 Å². The molecule has 0 spiro atoms. The number of aliphatic hydroxyl groups excluding tert-OH is 1. The molecule has 1 unspecified atom stereocenters. The highest BCUT2D eigenvalue weighted by atomic mass is 16.5. The van der Waals surface area contributed by atoms with Crippen LogP contribution in [-0.4, -0.2) is 24.4 Å². The van der Waals surface area contributed by atoms with Crippen LogP contribution in [0.2, 0.25) is 0 Å². The van der Waals surface area contributed by atoms with E-state index in [9.17, 15) is 0 Å². The monoisotopic (exact) mass is 195 g/mol. The lowest BCUT2D eigenvalue weighted by molar-refractivity contribution is 0.139. The van der Waals surface area contributed by atoms with Gasteiger partial charge in [0.05, 0.1) is 12.7 Å². The van der Waals surface area contributed by atoms with Crippen molar-refractivity contribution < 1.29 is 14.6 Å². The third-order valence-corrected chi connectivity index (χ3v) is 1.58. The zero-order valence-electron chi connectivity index (χ0n) is 8.27. The number of ether oxygens (including phenoxy) is 2. The largest absolute Gasteiger partial charge is 0.490 e. The van der Waals surface area contributed by atoms with Crippen LogP contribution < -0.4 is 9.47 Å². The second-order valence-electron chi connectivity index (χ2n) is 2.84. The van der Waals surface area contributed by atoms with E-state index in [0.717, 1.165) is 0 Å². The lowest BCUT2D eigenvalue weighted by Crippen LogP contribution is -2.13. The predicted molar refractivity (Wildman–Crippen MR) is 54.5 cm³/mol. The molecule has 3 heteroatoms. The van der Waals surface area contributed by atoms with Crippen molar-refractivity contribution >= 4 is 0 Å².